The van der Waals surface area contributed by atoms with Gasteiger partial charge in [0.05, 0.1) is 30.7 Å². The van der Waals surface area contributed by atoms with Crippen molar-refractivity contribution in [1.82, 2.24) is 4.90 Å². The molecule has 1 aromatic heterocycles. The lowest BCUT2D eigenvalue weighted by molar-refractivity contribution is -0.0181. The van der Waals surface area contributed by atoms with E-state index < -0.39 is 0 Å². The maximum Gasteiger partial charge on any atom is 0.264 e. The number of morpholine rings is 1. The number of amides is 1. The van der Waals surface area contributed by atoms with E-state index in [0.29, 0.717) is 19.8 Å². The van der Waals surface area contributed by atoms with Crippen LogP contribution in [0, 0.1) is 0 Å². The second-order valence-corrected chi connectivity index (χ2v) is 5.20. The zero-order chi connectivity index (χ0) is 12.3. The summed E-state index contributed by atoms with van der Waals surface area (Å²) in [6.45, 7) is 3.56. The van der Waals surface area contributed by atoms with Crippen molar-refractivity contribution in [3.05, 3.63) is 21.9 Å². The fraction of sp³-hybridized carbons (Fsp3) is 0.583. The molecule has 0 saturated carbocycles. The van der Waals surface area contributed by atoms with Crippen LogP contribution >= 0.6 is 11.3 Å². The van der Waals surface area contributed by atoms with Gasteiger partial charge in [-0.1, -0.05) is 6.92 Å². The molecule has 1 amide bonds. The SMILES string of the molecule is CCc1ccc(C(=O)N2CCOCC2CO)s1. The molecule has 1 saturated heterocycles. The Labute approximate surface area is 105 Å². The van der Waals surface area contributed by atoms with E-state index in [1.54, 1.807) is 4.90 Å². The van der Waals surface area contributed by atoms with Crippen LogP contribution in [0.2, 0.25) is 0 Å². The molecule has 1 aliphatic rings. The van der Waals surface area contributed by atoms with Crippen molar-refractivity contribution in [3.8, 4) is 0 Å². The Morgan fingerprint density at radius 2 is 2.47 bits per heavy atom. The number of aliphatic hydroxyl groups excluding tert-OH is 1. The minimum atomic E-state index is -0.205. The summed E-state index contributed by atoms with van der Waals surface area (Å²) in [5.74, 6) is 0.0112. The molecule has 0 aliphatic carbocycles. The number of aliphatic hydroxyl groups is 1. The Kier molecular flexibility index (Phi) is 4.15. The minimum absolute atomic E-state index is 0.0112. The van der Waals surface area contributed by atoms with E-state index in [9.17, 15) is 9.90 Å². The number of ether oxygens (including phenoxy) is 1. The van der Waals surface area contributed by atoms with E-state index in [4.69, 9.17) is 4.74 Å². The van der Waals surface area contributed by atoms with Crippen LogP contribution in [0.1, 0.15) is 21.5 Å². The zero-order valence-electron chi connectivity index (χ0n) is 9.89. The molecule has 1 aliphatic heterocycles. The van der Waals surface area contributed by atoms with Crippen molar-refractivity contribution < 1.29 is 14.6 Å². The van der Waals surface area contributed by atoms with Gasteiger partial charge in [0.15, 0.2) is 0 Å². The van der Waals surface area contributed by atoms with Crippen LogP contribution in [0.25, 0.3) is 0 Å². The molecular weight excluding hydrogens is 238 g/mol. The van der Waals surface area contributed by atoms with Gasteiger partial charge in [0.2, 0.25) is 0 Å². The molecule has 94 valence electrons. The molecule has 0 radical (unpaired) electrons. The van der Waals surface area contributed by atoms with E-state index in [-0.39, 0.29) is 18.6 Å². The van der Waals surface area contributed by atoms with Gasteiger partial charge in [-0.3, -0.25) is 4.79 Å². The van der Waals surface area contributed by atoms with Crippen LogP contribution in [0.3, 0.4) is 0 Å². The number of aryl methyl sites for hydroxylation is 1. The molecule has 17 heavy (non-hydrogen) atoms. The van der Waals surface area contributed by atoms with Crippen LogP contribution in [0.4, 0.5) is 0 Å². The van der Waals surface area contributed by atoms with Gasteiger partial charge < -0.3 is 14.7 Å². The first kappa shape index (κ1) is 12.5. The second-order valence-electron chi connectivity index (χ2n) is 4.03. The van der Waals surface area contributed by atoms with Crippen molar-refractivity contribution in [3.63, 3.8) is 0 Å². The van der Waals surface area contributed by atoms with E-state index in [2.05, 4.69) is 6.92 Å². The number of nitrogens with zero attached hydrogens (tertiary/aromatic N) is 1. The molecule has 1 atom stereocenters. The molecule has 4 nitrogen and oxygen atoms in total. The molecule has 1 fully saturated rings. The molecule has 1 aromatic rings. The highest BCUT2D eigenvalue weighted by molar-refractivity contribution is 7.14. The lowest BCUT2D eigenvalue weighted by atomic mass is 10.2. The fourth-order valence-electron chi connectivity index (χ4n) is 1.90. The van der Waals surface area contributed by atoms with E-state index >= 15 is 0 Å². The molecule has 0 bridgehead atoms. The van der Waals surface area contributed by atoms with E-state index in [1.807, 2.05) is 12.1 Å². The molecule has 2 heterocycles. The van der Waals surface area contributed by atoms with Crippen molar-refractivity contribution in [2.45, 2.75) is 19.4 Å². The highest BCUT2D eigenvalue weighted by atomic mass is 32.1. The van der Waals surface area contributed by atoms with Gasteiger partial charge in [-0.2, -0.15) is 0 Å². The monoisotopic (exact) mass is 255 g/mol. The number of hydrogen-bond acceptors (Lipinski definition) is 4. The van der Waals surface area contributed by atoms with Gasteiger partial charge in [0.1, 0.15) is 0 Å². The van der Waals surface area contributed by atoms with Gasteiger partial charge in [-0.15, -0.1) is 11.3 Å². The predicted molar refractivity (Wildman–Crippen MR) is 66.4 cm³/mol. The van der Waals surface area contributed by atoms with Crippen molar-refractivity contribution in [1.29, 1.82) is 0 Å². The number of rotatable bonds is 3. The fourth-order valence-corrected chi connectivity index (χ4v) is 2.80. The summed E-state index contributed by atoms with van der Waals surface area (Å²) in [5, 5.41) is 9.24. The number of carbonyl (C=O) groups is 1. The average Bonchev–Trinajstić information content (AvgIpc) is 2.86. The number of thiophene rings is 1. The number of carbonyl (C=O) groups excluding carboxylic acids is 1. The third-order valence-corrected chi connectivity index (χ3v) is 4.14. The van der Waals surface area contributed by atoms with Crippen molar-refractivity contribution in [2.24, 2.45) is 0 Å². The lowest BCUT2D eigenvalue weighted by Crippen LogP contribution is -2.50. The summed E-state index contributed by atoms with van der Waals surface area (Å²) in [7, 11) is 0. The normalized spacial score (nSPS) is 20.6. The standard InChI is InChI=1S/C12H17NO3S/c1-2-10-3-4-11(17-10)12(15)13-5-6-16-8-9(13)7-14/h3-4,9,14H,2,5-8H2,1H3. The van der Waals surface area contributed by atoms with Crippen LogP contribution in [0.15, 0.2) is 12.1 Å². The quantitative estimate of drug-likeness (QED) is 0.881. The van der Waals surface area contributed by atoms with Gasteiger partial charge in [0.25, 0.3) is 5.91 Å². The largest absolute Gasteiger partial charge is 0.394 e. The first-order valence-corrected chi connectivity index (χ1v) is 6.66. The highest BCUT2D eigenvalue weighted by Gasteiger charge is 2.28. The second kappa shape index (κ2) is 5.62. The Bertz CT molecular complexity index is 391. The van der Waals surface area contributed by atoms with E-state index in [0.717, 1.165) is 11.3 Å². The van der Waals surface area contributed by atoms with Crippen LogP contribution in [-0.4, -0.2) is 48.3 Å². The summed E-state index contributed by atoms with van der Waals surface area (Å²) in [6, 6.07) is 3.66. The average molecular weight is 255 g/mol. The van der Waals surface area contributed by atoms with Crippen molar-refractivity contribution >= 4 is 17.2 Å². The van der Waals surface area contributed by atoms with Gasteiger partial charge in [-0.25, -0.2) is 0 Å². The molecule has 0 aromatic carbocycles. The summed E-state index contributed by atoms with van der Waals surface area (Å²) >= 11 is 1.53. The van der Waals surface area contributed by atoms with Gasteiger partial charge >= 0.3 is 0 Å². The topological polar surface area (TPSA) is 49.8 Å². The minimum Gasteiger partial charge on any atom is -0.394 e. The van der Waals surface area contributed by atoms with E-state index in [1.165, 1.54) is 16.2 Å². The van der Waals surface area contributed by atoms with Crippen LogP contribution < -0.4 is 0 Å². The maximum atomic E-state index is 12.3. The van der Waals surface area contributed by atoms with Crippen molar-refractivity contribution in [2.75, 3.05) is 26.4 Å². The Morgan fingerprint density at radius 1 is 1.65 bits per heavy atom. The summed E-state index contributed by atoms with van der Waals surface area (Å²) < 4.78 is 5.27. The van der Waals surface area contributed by atoms with Crippen LogP contribution in [0.5, 0.6) is 0 Å². The molecule has 1 unspecified atom stereocenters. The zero-order valence-corrected chi connectivity index (χ0v) is 10.7. The summed E-state index contributed by atoms with van der Waals surface area (Å²) in [4.78, 5) is 15.9. The third-order valence-electron chi connectivity index (χ3n) is 2.92. The summed E-state index contributed by atoms with van der Waals surface area (Å²) in [6.07, 6.45) is 0.949. The predicted octanol–water partition coefficient (Wildman–Crippen LogP) is 1.14. The number of hydrogen-bond donors (Lipinski definition) is 1. The first-order chi connectivity index (χ1) is 8.26. The molecule has 1 N–H and O–H groups in total. The van der Waals surface area contributed by atoms with Gasteiger partial charge in [0, 0.05) is 11.4 Å². The Hall–Kier alpha value is -0.910. The molecular formula is C12H17NO3S. The summed E-state index contributed by atoms with van der Waals surface area (Å²) in [5.41, 5.74) is 0. The first-order valence-electron chi connectivity index (χ1n) is 5.84. The smallest absolute Gasteiger partial charge is 0.264 e. The molecule has 0 spiro atoms. The van der Waals surface area contributed by atoms with Crippen LogP contribution in [-0.2, 0) is 11.2 Å². The maximum absolute atomic E-state index is 12.3. The lowest BCUT2D eigenvalue weighted by Gasteiger charge is -2.34. The third kappa shape index (κ3) is 2.68. The Morgan fingerprint density at radius 3 is 3.12 bits per heavy atom. The van der Waals surface area contributed by atoms with Gasteiger partial charge in [-0.05, 0) is 18.6 Å². The molecule has 5 heteroatoms. The molecule has 2 rings (SSSR count). The Balaban J connectivity index is 2.12. The highest BCUT2D eigenvalue weighted by Crippen LogP contribution is 2.20.